The van der Waals surface area contributed by atoms with Crippen LogP contribution in [0.1, 0.15) is 16.8 Å². The van der Waals surface area contributed by atoms with E-state index in [2.05, 4.69) is 10.3 Å². The molecule has 2 N–H and O–H groups in total. The maximum Gasteiger partial charge on any atom is 0.272 e. The molecule has 5 nitrogen and oxygen atoms in total. The number of carbonyl (C=O) groups excluding carboxylic acids is 1. The van der Waals surface area contributed by atoms with Gasteiger partial charge in [0.1, 0.15) is 5.56 Å². The summed E-state index contributed by atoms with van der Waals surface area (Å²) >= 11 is 0. The highest BCUT2D eigenvalue weighted by Gasteiger charge is 2.22. The molecule has 1 heterocycles. The van der Waals surface area contributed by atoms with Crippen LogP contribution in [-0.4, -0.2) is 41.7 Å². The van der Waals surface area contributed by atoms with Gasteiger partial charge < -0.3 is 15.2 Å². The van der Waals surface area contributed by atoms with Gasteiger partial charge in [-0.05, 0) is 18.6 Å². The number of amides is 1. The Kier molecular flexibility index (Phi) is 5.21. The van der Waals surface area contributed by atoms with Crippen molar-refractivity contribution in [3.05, 3.63) is 36.0 Å². The number of carbonyl (C=O) groups is 1. The van der Waals surface area contributed by atoms with Gasteiger partial charge >= 0.3 is 0 Å². The minimum Gasteiger partial charge on any atom is -0.471 e. The highest BCUT2D eigenvalue weighted by molar-refractivity contribution is 5.96. The summed E-state index contributed by atoms with van der Waals surface area (Å²) in [5.41, 5.74) is 0.110. The lowest BCUT2D eigenvalue weighted by molar-refractivity contribution is 0.0771. The lowest BCUT2D eigenvalue weighted by Crippen LogP contribution is -2.33. The molecule has 2 atom stereocenters. The van der Waals surface area contributed by atoms with E-state index in [0.717, 1.165) is 0 Å². The zero-order chi connectivity index (χ0) is 15.2. The molecule has 1 aliphatic rings. The first-order chi connectivity index (χ1) is 10.1. The Morgan fingerprint density at radius 3 is 3.00 bits per heavy atom. The van der Waals surface area contributed by atoms with Crippen LogP contribution in [-0.2, 0) is 0 Å². The third-order valence-corrected chi connectivity index (χ3v) is 3.09. The second-order valence-corrected chi connectivity index (χ2v) is 4.70. The van der Waals surface area contributed by atoms with E-state index in [9.17, 15) is 13.6 Å². The summed E-state index contributed by atoms with van der Waals surface area (Å²) in [7, 11) is 0. The Morgan fingerprint density at radius 1 is 1.52 bits per heavy atom. The van der Waals surface area contributed by atoms with Crippen LogP contribution in [0.5, 0.6) is 5.88 Å². The van der Waals surface area contributed by atoms with Gasteiger partial charge in [-0.25, -0.2) is 13.8 Å². The molecular weight excluding hydrogens is 282 g/mol. The van der Waals surface area contributed by atoms with E-state index in [4.69, 9.17) is 9.84 Å². The Balaban J connectivity index is 2.00. The summed E-state index contributed by atoms with van der Waals surface area (Å²) < 4.78 is 29.2. The molecule has 7 heteroatoms. The Hall–Kier alpha value is -2.02. The molecule has 0 saturated carbocycles. The van der Waals surface area contributed by atoms with Gasteiger partial charge in [0.25, 0.3) is 12.3 Å². The van der Waals surface area contributed by atoms with Gasteiger partial charge in [-0.15, -0.1) is 0 Å². The molecule has 0 fully saturated rings. The van der Waals surface area contributed by atoms with E-state index in [1.54, 1.807) is 6.08 Å². The van der Waals surface area contributed by atoms with Gasteiger partial charge in [0.05, 0.1) is 0 Å². The first kappa shape index (κ1) is 15.4. The summed E-state index contributed by atoms with van der Waals surface area (Å²) in [4.78, 5) is 15.9. The second kappa shape index (κ2) is 7.12. The summed E-state index contributed by atoms with van der Waals surface area (Å²) in [5.74, 6) is -0.532. The van der Waals surface area contributed by atoms with E-state index < -0.39 is 18.9 Å². The number of aliphatic hydroxyl groups excluding tert-OH is 1. The van der Waals surface area contributed by atoms with Crippen LogP contribution in [0.15, 0.2) is 30.5 Å². The molecule has 1 aromatic rings. The number of pyridine rings is 1. The Bertz CT molecular complexity index is 523. The average Bonchev–Trinajstić information content (AvgIpc) is 2.93. The van der Waals surface area contributed by atoms with Crippen molar-refractivity contribution in [3.63, 3.8) is 0 Å². The van der Waals surface area contributed by atoms with E-state index in [0.29, 0.717) is 6.42 Å². The predicted molar refractivity (Wildman–Crippen MR) is 71.3 cm³/mol. The highest BCUT2D eigenvalue weighted by Crippen LogP contribution is 2.19. The number of aliphatic hydroxyl groups is 1. The van der Waals surface area contributed by atoms with Crippen molar-refractivity contribution in [1.82, 2.24) is 10.3 Å². The molecular formula is C14H16F2N2O3. The number of aromatic nitrogens is 1. The number of hydrogen-bond donors (Lipinski definition) is 2. The first-order valence-corrected chi connectivity index (χ1v) is 6.56. The van der Waals surface area contributed by atoms with Crippen LogP contribution in [0.4, 0.5) is 8.78 Å². The normalized spacial score (nSPS) is 20.8. The topological polar surface area (TPSA) is 71.5 Å². The third-order valence-electron chi connectivity index (χ3n) is 3.09. The molecule has 21 heavy (non-hydrogen) atoms. The predicted octanol–water partition coefficient (Wildman–Crippen LogP) is 1.39. The Labute approximate surface area is 120 Å². The maximum atomic E-state index is 12.2. The SMILES string of the molecule is O=C(N[C@@H]1C=C[C@H](CO)C1)c1cccnc1OCC(F)F. The van der Waals surface area contributed by atoms with Crippen molar-refractivity contribution < 1.29 is 23.4 Å². The van der Waals surface area contributed by atoms with Crippen LogP contribution in [0, 0.1) is 5.92 Å². The Morgan fingerprint density at radius 2 is 2.33 bits per heavy atom. The van der Waals surface area contributed by atoms with Crippen LogP contribution in [0.3, 0.4) is 0 Å². The molecule has 2 rings (SSSR count). The van der Waals surface area contributed by atoms with E-state index in [-0.39, 0.29) is 30.0 Å². The van der Waals surface area contributed by atoms with Gasteiger partial charge in [0.2, 0.25) is 5.88 Å². The molecule has 0 spiro atoms. The number of halogens is 2. The smallest absolute Gasteiger partial charge is 0.272 e. The van der Waals surface area contributed by atoms with E-state index in [1.165, 1.54) is 18.3 Å². The lowest BCUT2D eigenvalue weighted by Gasteiger charge is -2.14. The van der Waals surface area contributed by atoms with Crippen molar-refractivity contribution in [3.8, 4) is 5.88 Å². The molecule has 0 saturated heterocycles. The minimum absolute atomic E-state index is 0.0263. The maximum absolute atomic E-state index is 12.2. The van der Waals surface area contributed by atoms with Gasteiger partial charge in [-0.1, -0.05) is 12.2 Å². The van der Waals surface area contributed by atoms with Crippen LogP contribution < -0.4 is 10.1 Å². The number of ether oxygens (including phenoxy) is 1. The number of rotatable bonds is 6. The molecule has 0 aromatic carbocycles. The highest BCUT2D eigenvalue weighted by atomic mass is 19.3. The molecule has 0 bridgehead atoms. The zero-order valence-electron chi connectivity index (χ0n) is 11.2. The fourth-order valence-corrected chi connectivity index (χ4v) is 2.08. The van der Waals surface area contributed by atoms with Crippen molar-refractivity contribution in [2.24, 2.45) is 5.92 Å². The lowest BCUT2D eigenvalue weighted by atomic mass is 10.1. The standard InChI is InChI=1S/C14H16F2N2O3/c15-12(16)8-21-14-11(2-1-5-17-14)13(20)18-10-4-3-9(6-10)7-19/h1-5,9-10,12,19H,6-8H2,(H,18,20)/t9-,10+/m0/s1. The molecule has 0 radical (unpaired) electrons. The molecule has 0 unspecified atom stereocenters. The quantitative estimate of drug-likeness (QED) is 0.779. The number of nitrogens with one attached hydrogen (secondary N) is 1. The van der Waals surface area contributed by atoms with Crippen molar-refractivity contribution in [1.29, 1.82) is 0 Å². The van der Waals surface area contributed by atoms with Gasteiger partial charge in [0, 0.05) is 24.8 Å². The minimum atomic E-state index is -2.63. The largest absolute Gasteiger partial charge is 0.471 e. The average molecular weight is 298 g/mol. The summed E-state index contributed by atoms with van der Waals surface area (Å²) in [5, 5.41) is 11.8. The fraction of sp³-hybridized carbons (Fsp3) is 0.429. The van der Waals surface area contributed by atoms with E-state index in [1.807, 2.05) is 6.08 Å². The van der Waals surface area contributed by atoms with Crippen molar-refractivity contribution in [2.45, 2.75) is 18.9 Å². The van der Waals surface area contributed by atoms with Crippen LogP contribution in [0.25, 0.3) is 0 Å². The first-order valence-electron chi connectivity index (χ1n) is 6.56. The summed E-state index contributed by atoms with van der Waals surface area (Å²) in [6.45, 7) is -0.786. The molecule has 1 aliphatic carbocycles. The number of nitrogens with zero attached hydrogens (tertiary/aromatic N) is 1. The van der Waals surface area contributed by atoms with E-state index >= 15 is 0 Å². The van der Waals surface area contributed by atoms with Crippen LogP contribution >= 0.6 is 0 Å². The molecule has 1 aromatic heterocycles. The summed E-state index contributed by atoms with van der Waals surface area (Å²) in [6.07, 6.45) is 2.98. The fourth-order valence-electron chi connectivity index (χ4n) is 2.08. The number of hydrogen-bond acceptors (Lipinski definition) is 4. The van der Waals surface area contributed by atoms with Crippen molar-refractivity contribution >= 4 is 5.91 Å². The zero-order valence-corrected chi connectivity index (χ0v) is 11.2. The van der Waals surface area contributed by atoms with Gasteiger partial charge in [0.15, 0.2) is 6.61 Å². The van der Waals surface area contributed by atoms with Crippen LogP contribution in [0.2, 0.25) is 0 Å². The third kappa shape index (κ3) is 4.22. The van der Waals surface area contributed by atoms with Crippen molar-refractivity contribution in [2.75, 3.05) is 13.2 Å². The molecule has 114 valence electrons. The molecule has 0 aliphatic heterocycles. The van der Waals surface area contributed by atoms with Gasteiger partial charge in [-0.2, -0.15) is 0 Å². The van der Waals surface area contributed by atoms with Gasteiger partial charge in [-0.3, -0.25) is 4.79 Å². The molecule has 1 amide bonds. The summed E-state index contributed by atoms with van der Waals surface area (Å²) in [6, 6.07) is 2.80. The number of alkyl halides is 2. The second-order valence-electron chi connectivity index (χ2n) is 4.70. The monoisotopic (exact) mass is 298 g/mol.